The first kappa shape index (κ1) is 17.4. The third kappa shape index (κ3) is 4.28. The van der Waals surface area contributed by atoms with Crippen LogP contribution in [0.3, 0.4) is 0 Å². The zero-order chi connectivity index (χ0) is 17.7. The first-order valence-electron chi connectivity index (χ1n) is 7.28. The smallest absolute Gasteiger partial charge is 0.274 e. The molecule has 24 heavy (non-hydrogen) atoms. The van der Waals surface area contributed by atoms with E-state index >= 15 is 0 Å². The highest BCUT2D eigenvalue weighted by Crippen LogP contribution is 2.23. The Balaban J connectivity index is 1.97. The maximum Gasteiger partial charge on any atom is 0.274 e. The number of anilines is 1. The van der Waals surface area contributed by atoms with E-state index in [1.54, 1.807) is 25.1 Å². The van der Waals surface area contributed by atoms with Gasteiger partial charge in [-0.05, 0) is 37.1 Å². The van der Waals surface area contributed by atoms with E-state index in [2.05, 4.69) is 5.32 Å². The highest BCUT2D eigenvalue weighted by Gasteiger charge is 2.12. The molecule has 0 spiro atoms. The standard InChI is InChI=1S/C17H17FN2O4/c1-11-3-6-13(10-15(11)20(22)23)19-17(21)8-5-12-4-7-16(24-2)14(18)9-12/h3-4,6-7,9-10H,5,8H2,1-2H3,(H,19,21). The molecule has 0 saturated heterocycles. The summed E-state index contributed by atoms with van der Waals surface area (Å²) in [5.74, 6) is -0.635. The molecule has 0 aliphatic rings. The minimum absolute atomic E-state index is 0.0509. The molecule has 0 fully saturated rings. The summed E-state index contributed by atoms with van der Waals surface area (Å²) in [5, 5.41) is 13.5. The van der Waals surface area contributed by atoms with Gasteiger partial charge in [0, 0.05) is 23.7 Å². The van der Waals surface area contributed by atoms with Crippen molar-refractivity contribution in [3.63, 3.8) is 0 Å². The van der Waals surface area contributed by atoms with E-state index in [1.165, 1.54) is 25.3 Å². The van der Waals surface area contributed by atoms with Crippen LogP contribution in [0.1, 0.15) is 17.5 Å². The Labute approximate surface area is 138 Å². The van der Waals surface area contributed by atoms with Crippen molar-refractivity contribution in [2.75, 3.05) is 12.4 Å². The van der Waals surface area contributed by atoms with Crippen LogP contribution in [0.15, 0.2) is 36.4 Å². The molecule has 1 amide bonds. The van der Waals surface area contributed by atoms with Crippen molar-refractivity contribution < 1.29 is 18.8 Å². The molecule has 0 aliphatic carbocycles. The number of ether oxygens (including phenoxy) is 1. The minimum Gasteiger partial charge on any atom is -0.494 e. The summed E-state index contributed by atoms with van der Waals surface area (Å²) in [6, 6.07) is 9.01. The summed E-state index contributed by atoms with van der Waals surface area (Å²) in [5.41, 5.74) is 1.49. The van der Waals surface area contributed by atoms with E-state index in [1.807, 2.05) is 0 Å². The summed E-state index contributed by atoms with van der Waals surface area (Å²) >= 11 is 0. The van der Waals surface area contributed by atoms with Crippen molar-refractivity contribution in [1.29, 1.82) is 0 Å². The fourth-order valence-corrected chi connectivity index (χ4v) is 2.23. The number of nitro benzene ring substituents is 1. The van der Waals surface area contributed by atoms with Crippen LogP contribution in [0.5, 0.6) is 5.75 Å². The van der Waals surface area contributed by atoms with Gasteiger partial charge in [0.05, 0.1) is 12.0 Å². The molecule has 126 valence electrons. The van der Waals surface area contributed by atoms with Crippen LogP contribution in [0, 0.1) is 22.9 Å². The van der Waals surface area contributed by atoms with Gasteiger partial charge in [0.2, 0.25) is 5.91 Å². The Morgan fingerprint density at radius 3 is 2.67 bits per heavy atom. The predicted octanol–water partition coefficient (Wildman–Crippen LogP) is 3.62. The molecule has 0 saturated carbocycles. The molecule has 2 aromatic carbocycles. The van der Waals surface area contributed by atoms with E-state index in [0.717, 1.165) is 0 Å². The highest BCUT2D eigenvalue weighted by atomic mass is 19.1. The van der Waals surface area contributed by atoms with Crippen LogP contribution in [-0.2, 0) is 11.2 Å². The number of aryl methyl sites for hydroxylation is 2. The molecule has 0 aromatic heterocycles. The topological polar surface area (TPSA) is 81.5 Å². The maximum atomic E-state index is 13.6. The first-order chi connectivity index (χ1) is 11.4. The quantitative estimate of drug-likeness (QED) is 0.647. The van der Waals surface area contributed by atoms with Gasteiger partial charge in [-0.25, -0.2) is 4.39 Å². The molecule has 2 aromatic rings. The molecule has 0 aliphatic heterocycles. The molecule has 0 unspecified atom stereocenters. The molecule has 6 nitrogen and oxygen atoms in total. The Morgan fingerprint density at radius 1 is 1.29 bits per heavy atom. The van der Waals surface area contributed by atoms with Crippen LogP contribution in [0.25, 0.3) is 0 Å². The Hall–Kier alpha value is -2.96. The Bertz CT molecular complexity index is 777. The van der Waals surface area contributed by atoms with Crippen molar-refractivity contribution in [3.8, 4) is 5.75 Å². The Morgan fingerprint density at radius 2 is 2.04 bits per heavy atom. The second-order valence-electron chi connectivity index (χ2n) is 5.28. The number of nitro groups is 1. The number of carbonyl (C=O) groups is 1. The van der Waals surface area contributed by atoms with E-state index < -0.39 is 10.7 Å². The lowest BCUT2D eigenvalue weighted by molar-refractivity contribution is -0.385. The second kappa shape index (κ2) is 7.54. The van der Waals surface area contributed by atoms with Gasteiger partial charge in [-0.15, -0.1) is 0 Å². The van der Waals surface area contributed by atoms with E-state index in [9.17, 15) is 19.3 Å². The number of hydrogen-bond donors (Lipinski definition) is 1. The van der Waals surface area contributed by atoms with Gasteiger partial charge in [-0.1, -0.05) is 12.1 Å². The number of halogens is 1. The highest BCUT2D eigenvalue weighted by molar-refractivity contribution is 5.91. The van der Waals surface area contributed by atoms with Crippen LogP contribution in [0.2, 0.25) is 0 Å². The van der Waals surface area contributed by atoms with Crippen molar-refractivity contribution in [1.82, 2.24) is 0 Å². The number of hydrogen-bond acceptors (Lipinski definition) is 4. The van der Waals surface area contributed by atoms with E-state index in [0.29, 0.717) is 23.2 Å². The van der Waals surface area contributed by atoms with Crippen molar-refractivity contribution in [2.24, 2.45) is 0 Å². The third-order valence-corrected chi connectivity index (χ3v) is 3.55. The fraction of sp³-hybridized carbons (Fsp3) is 0.235. The van der Waals surface area contributed by atoms with Crippen LogP contribution >= 0.6 is 0 Å². The lowest BCUT2D eigenvalue weighted by Crippen LogP contribution is -2.12. The molecule has 0 bridgehead atoms. The largest absolute Gasteiger partial charge is 0.494 e. The van der Waals surface area contributed by atoms with Gasteiger partial charge in [0.1, 0.15) is 0 Å². The van der Waals surface area contributed by atoms with Gasteiger partial charge in [0.15, 0.2) is 11.6 Å². The zero-order valence-corrected chi connectivity index (χ0v) is 13.3. The fourth-order valence-electron chi connectivity index (χ4n) is 2.23. The van der Waals surface area contributed by atoms with Gasteiger partial charge in [0.25, 0.3) is 5.69 Å². The maximum absolute atomic E-state index is 13.6. The normalized spacial score (nSPS) is 10.3. The number of carbonyl (C=O) groups excluding carboxylic acids is 1. The summed E-state index contributed by atoms with van der Waals surface area (Å²) < 4.78 is 18.4. The van der Waals surface area contributed by atoms with Gasteiger partial charge in [-0.2, -0.15) is 0 Å². The molecule has 1 N–H and O–H groups in total. The summed E-state index contributed by atoms with van der Waals surface area (Å²) in [7, 11) is 1.38. The molecule has 2 rings (SSSR count). The summed E-state index contributed by atoms with van der Waals surface area (Å²) in [6.07, 6.45) is 0.480. The Kier molecular flexibility index (Phi) is 5.47. The van der Waals surface area contributed by atoms with Crippen LogP contribution in [0.4, 0.5) is 15.8 Å². The van der Waals surface area contributed by atoms with Crippen molar-refractivity contribution in [2.45, 2.75) is 19.8 Å². The van der Waals surface area contributed by atoms with Gasteiger partial charge >= 0.3 is 0 Å². The molecule has 0 heterocycles. The lowest BCUT2D eigenvalue weighted by atomic mass is 10.1. The van der Waals surface area contributed by atoms with E-state index in [-0.39, 0.29) is 23.8 Å². The molecular formula is C17H17FN2O4. The number of benzene rings is 2. The molecule has 7 heteroatoms. The lowest BCUT2D eigenvalue weighted by Gasteiger charge is -2.07. The van der Waals surface area contributed by atoms with Gasteiger partial charge < -0.3 is 10.1 Å². The zero-order valence-electron chi connectivity index (χ0n) is 13.3. The predicted molar refractivity (Wildman–Crippen MR) is 87.7 cm³/mol. The average molecular weight is 332 g/mol. The monoisotopic (exact) mass is 332 g/mol. The average Bonchev–Trinajstić information content (AvgIpc) is 2.54. The third-order valence-electron chi connectivity index (χ3n) is 3.55. The first-order valence-corrected chi connectivity index (χ1v) is 7.28. The molecule has 0 radical (unpaired) electrons. The number of nitrogens with zero attached hydrogens (tertiary/aromatic N) is 1. The van der Waals surface area contributed by atoms with Crippen molar-refractivity contribution in [3.05, 3.63) is 63.5 Å². The van der Waals surface area contributed by atoms with Crippen LogP contribution < -0.4 is 10.1 Å². The molecule has 0 atom stereocenters. The summed E-state index contributed by atoms with van der Waals surface area (Å²) in [4.78, 5) is 22.4. The second-order valence-corrected chi connectivity index (χ2v) is 5.28. The number of nitrogens with one attached hydrogen (secondary N) is 1. The number of rotatable bonds is 6. The summed E-state index contributed by atoms with van der Waals surface area (Å²) in [6.45, 7) is 1.63. The van der Waals surface area contributed by atoms with E-state index in [4.69, 9.17) is 4.74 Å². The molecular weight excluding hydrogens is 315 g/mol. The number of amides is 1. The number of methoxy groups -OCH3 is 1. The minimum atomic E-state index is -0.495. The van der Waals surface area contributed by atoms with Crippen LogP contribution in [-0.4, -0.2) is 17.9 Å². The van der Waals surface area contributed by atoms with Gasteiger partial charge in [-0.3, -0.25) is 14.9 Å². The van der Waals surface area contributed by atoms with Crippen molar-refractivity contribution >= 4 is 17.3 Å². The SMILES string of the molecule is COc1ccc(CCC(=O)Nc2ccc(C)c([N+](=O)[O-])c2)cc1F.